The Morgan fingerprint density at radius 3 is 2.87 bits per heavy atom. The van der Waals surface area contributed by atoms with Gasteiger partial charge in [0.25, 0.3) is 0 Å². The molecule has 0 heterocycles. The summed E-state index contributed by atoms with van der Waals surface area (Å²) in [6, 6.07) is 0. The lowest BCUT2D eigenvalue weighted by Crippen LogP contribution is -2.27. The first kappa shape index (κ1) is 13.6. The van der Waals surface area contributed by atoms with E-state index in [0.717, 1.165) is 0 Å². The number of nitrogens with one attached hydrogen (secondary N) is 2. The molecule has 0 fully saturated rings. The topological polar surface area (TPSA) is 68.8 Å². The fourth-order valence-electron chi connectivity index (χ4n) is 0.655. The molecule has 0 atom stereocenters. The molecule has 0 aliphatic heterocycles. The molecular weight excluding hydrogens is 200 g/mol. The number of hydrogen-bond acceptors (Lipinski definition) is 5. The van der Waals surface area contributed by atoms with E-state index in [0.29, 0.717) is 19.8 Å². The van der Waals surface area contributed by atoms with E-state index in [1.165, 1.54) is 6.26 Å². The van der Waals surface area contributed by atoms with Gasteiger partial charge in [0.2, 0.25) is 0 Å². The summed E-state index contributed by atoms with van der Waals surface area (Å²) in [5.74, 6) is 0. The van der Waals surface area contributed by atoms with Crippen LogP contribution in [0.2, 0.25) is 0 Å². The van der Waals surface area contributed by atoms with Crippen LogP contribution < -0.4 is 10.6 Å². The second-order valence-corrected chi connectivity index (χ2v) is 2.41. The molecule has 0 aromatic heterocycles. The van der Waals surface area contributed by atoms with Crippen molar-refractivity contribution >= 4 is 6.09 Å². The Bertz CT molecular complexity index is 185. The van der Waals surface area contributed by atoms with Crippen LogP contribution >= 0.6 is 0 Å². The molecule has 0 unspecified atom stereocenters. The predicted molar refractivity (Wildman–Crippen MR) is 55.1 cm³/mol. The maximum absolute atomic E-state index is 10.8. The van der Waals surface area contributed by atoms with Gasteiger partial charge in [0.05, 0.1) is 19.5 Å². The number of amides is 1. The summed E-state index contributed by atoms with van der Waals surface area (Å²) >= 11 is 0. The van der Waals surface area contributed by atoms with Gasteiger partial charge in [-0.05, 0) is 6.92 Å². The molecule has 6 nitrogen and oxygen atoms in total. The van der Waals surface area contributed by atoms with Gasteiger partial charge in [-0.2, -0.15) is 0 Å². The van der Waals surface area contributed by atoms with E-state index in [9.17, 15) is 4.79 Å². The van der Waals surface area contributed by atoms with E-state index in [2.05, 4.69) is 15.4 Å². The van der Waals surface area contributed by atoms with Crippen molar-refractivity contribution in [1.82, 2.24) is 10.6 Å². The number of ether oxygens (including phenoxy) is 3. The Morgan fingerprint density at radius 1 is 1.40 bits per heavy atom. The molecule has 0 saturated heterocycles. The first-order valence-corrected chi connectivity index (χ1v) is 4.73. The fourth-order valence-corrected chi connectivity index (χ4v) is 0.655. The van der Waals surface area contributed by atoms with Crippen LogP contribution in [0.4, 0.5) is 4.79 Å². The minimum atomic E-state index is -0.478. The van der Waals surface area contributed by atoms with Crippen LogP contribution in [0.1, 0.15) is 6.92 Å². The lowest BCUT2D eigenvalue weighted by atomic mass is 10.8. The molecule has 0 spiro atoms. The van der Waals surface area contributed by atoms with Gasteiger partial charge in [0, 0.05) is 13.2 Å². The maximum atomic E-state index is 10.8. The van der Waals surface area contributed by atoms with Crippen LogP contribution in [0.25, 0.3) is 0 Å². The van der Waals surface area contributed by atoms with Gasteiger partial charge < -0.3 is 19.5 Å². The summed E-state index contributed by atoms with van der Waals surface area (Å²) in [5, 5.41) is 5.20. The molecule has 0 aromatic carbocycles. The van der Waals surface area contributed by atoms with Crippen LogP contribution in [-0.2, 0) is 14.2 Å². The highest BCUT2D eigenvalue weighted by Gasteiger charge is 1.97. The molecule has 15 heavy (non-hydrogen) atoms. The van der Waals surface area contributed by atoms with Crippen LogP contribution in [0.15, 0.2) is 12.5 Å². The average molecular weight is 218 g/mol. The second kappa shape index (κ2) is 10.6. The van der Waals surface area contributed by atoms with Gasteiger partial charge >= 0.3 is 6.09 Å². The molecule has 0 saturated carbocycles. The molecule has 0 radical (unpaired) electrons. The van der Waals surface area contributed by atoms with E-state index >= 15 is 0 Å². The third kappa shape index (κ3) is 10.5. The highest BCUT2D eigenvalue weighted by molar-refractivity contribution is 5.66. The van der Waals surface area contributed by atoms with Crippen molar-refractivity contribution in [2.75, 3.05) is 33.6 Å². The van der Waals surface area contributed by atoms with Crippen LogP contribution in [-0.4, -0.2) is 39.7 Å². The summed E-state index contributed by atoms with van der Waals surface area (Å²) in [6.07, 6.45) is 2.72. The zero-order valence-electron chi connectivity index (χ0n) is 9.12. The Morgan fingerprint density at radius 2 is 2.20 bits per heavy atom. The van der Waals surface area contributed by atoms with Crippen molar-refractivity contribution in [2.24, 2.45) is 0 Å². The Kier molecular flexibility index (Phi) is 9.63. The molecule has 0 rings (SSSR count). The Labute approximate surface area is 89.6 Å². The lowest BCUT2D eigenvalue weighted by Gasteiger charge is -2.06. The minimum Gasteiger partial charge on any atom is -0.497 e. The van der Waals surface area contributed by atoms with Gasteiger partial charge in [-0.25, -0.2) is 4.79 Å². The second-order valence-electron chi connectivity index (χ2n) is 2.41. The van der Waals surface area contributed by atoms with Gasteiger partial charge in [0.15, 0.2) is 0 Å². The number of carbonyl (C=O) groups is 1. The number of alkyl carbamates (subject to hydrolysis) is 1. The predicted octanol–water partition coefficient (Wildman–Crippen LogP) is 0.414. The van der Waals surface area contributed by atoms with Gasteiger partial charge in [-0.15, -0.1) is 0 Å². The van der Waals surface area contributed by atoms with Crippen molar-refractivity contribution in [3.63, 3.8) is 0 Å². The SMILES string of the molecule is CCOC(=O)NCOCCO/C=C/NC. The third-order valence-electron chi connectivity index (χ3n) is 1.27. The van der Waals surface area contributed by atoms with E-state index in [1.807, 2.05) is 0 Å². The number of hydrogen-bond donors (Lipinski definition) is 2. The van der Waals surface area contributed by atoms with Crippen LogP contribution in [0.3, 0.4) is 0 Å². The molecule has 6 heteroatoms. The monoisotopic (exact) mass is 218 g/mol. The zero-order chi connectivity index (χ0) is 11.4. The zero-order valence-corrected chi connectivity index (χ0v) is 9.12. The van der Waals surface area contributed by atoms with Crippen molar-refractivity contribution in [3.8, 4) is 0 Å². The van der Waals surface area contributed by atoms with Crippen molar-refractivity contribution < 1.29 is 19.0 Å². The molecule has 1 amide bonds. The van der Waals surface area contributed by atoms with E-state index in [4.69, 9.17) is 9.47 Å². The van der Waals surface area contributed by atoms with Gasteiger partial charge in [-0.3, -0.25) is 5.32 Å². The van der Waals surface area contributed by atoms with Gasteiger partial charge in [-0.1, -0.05) is 0 Å². The Balaban J connectivity index is 3.11. The van der Waals surface area contributed by atoms with Crippen LogP contribution in [0, 0.1) is 0 Å². The smallest absolute Gasteiger partial charge is 0.408 e. The van der Waals surface area contributed by atoms with Crippen molar-refractivity contribution in [2.45, 2.75) is 6.92 Å². The largest absolute Gasteiger partial charge is 0.497 e. The summed E-state index contributed by atoms with van der Waals surface area (Å²) in [4.78, 5) is 10.8. The highest BCUT2D eigenvalue weighted by atomic mass is 16.6. The molecule has 0 bridgehead atoms. The van der Waals surface area contributed by atoms with E-state index in [1.54, 1.807) is 20.2 Å². The molecular formula is C9H18N2O4. The molecule has 0 aliphatic rings. The standard InChI is InChI=1S/C9H18N2O4/c1-3-15-9(12)11-8-14-7-6-13-5-4-10-2/h4-5,10H,3,6-8H2,1-2H3,(H,11,12)/b5-4+. The van der Waals surface area contributed by atoms with E-state index < -0.39 is 6.09 Å². The molecule has 0 aromatic rings. The van der Waals surface area contributed by atoms with Gasteiger partial charge in [0.1, 0.15) is 13.3 Å². The summed E-state index contributed by atoms with van der Waals surface area (Å²) < 4.78 is 14.7. The summed E-state index contributed by atoms with van der Waals surface area (Å²) in [6.45, 7) is 3.05. The average Bonchev–Trinajstić information content (AvgIpc) is 2.22. The van der Waals surface area contributed by atoms with E-state index in [-0.39, 0.29) is 6.73 Å². The summed E-state index contributed by atoms with van der Waals surface area (Å²) in [5.41, 5.74) is 0. The highest BCUT2D eigenvalue weighted by Crippen LogP contribution is 1.80. The van der Waals surface area contributed by atoms with Crippen molar-refractivity contribution in [3.05, 3.63) is 12.5 Å². The minimum absolute atomic E-state index is 0.123. The molecule has 88 valence electrons. The summed E-state index contributed by atoms with van der Waals surface area (Å²) in [7, 11) is 1.78. The maximum Gasteiger partial charge on any atom is 0.408 e. The normalized spacial score (nSPS) is 10.0. The lowest BCUT2D eigenvalue weighted by molar-refractivity contribution is 0.0672. The first-order valence-electron chi connectivity index (χ1n) is 4.73. The Hall–Kier alpha value is -1.43. The van der Waals surface area contributed by atoms with Crippen molar-refractivity contribution in [1.29, 1.82) is 0 Å². The molecule has 0 aliphatic carbocycles. The third-order valence-corrected chi connectivity index (χ3v) is 1.27. The number of rotatable bonds is 8. The first-order chi connectivity index (χ1) is 7.31. The quantitative estimate of drug-likeness (QED) is 0.351. The fraction of sp³-hybridized carbons (Fsp3) is 0.667. The number of carbonyl (C=O) groups excluding carboxylic acids is 1. The molecule has 2 N–H and O–H groups in total. The van der Waals surface area contributed by atoms with Crippen LogP contribution in [0.5, 0.6) is 0 Å².